The van der Waals surface area contributed by atoms with Gasteiger partial charge in [-0.15, -0.1) is 20.5 Å². The van der Waals surface area contributed by atoms with Crippen LogP contribution >= 0.6 is 0 Å². The first kappa shape index (κ1) is 70.0. The van der Waals surface area contributed by atoms with E-state index in [1.165, 1.54) is 12.1 Å². The van der Waals surface area contributed by atoms with E-state index in [-0.39, 0.29) is 65.3 Å². The number of nitrogens with one attached hydrogen (secondary N) is 6. The molecule has 6 rings (SSSR count). The van der Waals surface area contributed by atoms with E-state index in [0.29, 0.717) is 48.5 Å². The smallest absolute Gasteiger partial charge is 0.316 e. The average molecular weight is 1390 g/mol. The number of rotatable bonds is 22. The highest BCUT2D eigenvalue weighted by Crippen LogP contribution is 2.40. The quantitative estimate of drug-likeness (QED) is 0.0110. The summed E-state index contributed by atoms with van der Waals surface area (Å²) in [4.78, 5) is 32.4. The van der Waals surface area contributed by atoms with Crippen molar-refractivity contribution in [1.82, 2.24) is 10.6 Å². The van der Waals surface area contributed by atoms with Crippen LogP contribution in [0.4, 0.5) is 63.9 Å². The Labute approximate surface area is 511 Å². The molecule has 0 aromatic heterocycles. The van der Waals surface area contributed by atoms with Gasteiger partial charge in [-0.2, -0.15) is 79.3 Å². The fourth-order valence-corrected chi connectivity index (χ4v) is 11.5. The number of primary amides is 2. The molecule has 0 aliphatic carbocycles. The number of anilines is 4. The summed E-state index contributed by atoms with van der Waals surface area (Å²) in [5.41, 5.74) is 18.2. The van der Waals surface area contributed by atoms with Gasteiger partial charge in [0.2, 0.25) is 11.9 Å². The molecule has 38 nitrogen and oxygen atoms in total. The van der Waals surface area contributed by atoms with Crippen LogP contribution in [0.25, 0.3) is 21.5 Å². The summed E-state index contributed by atoms with van der Waals surface area (Å²) >= 11 is 0. The molecule has 0 aliphatic rings. The molecule has 0 aliphatic heterocycles. The molecular weight excluding hydrogens is 1340 g/mol. The number of nitrogens with zero attached hydrogens (tertiary/aromatic N) is 8. The van der Waals surface area contributed by atoms with Crippen LogP contribution in [0.3, 0.4) is 0 Å². The minimum atomic E-state index is -5.30. The third kappa shape index (κ3) is 19.4. The van der Waals surface area contributed by atoms with E-state index in [9.17, 15) is 96.2 Å². The minimum absolute atomic E-state index is 0.00512. The third-order valence-corrected chi connectivity index (χ3v) is 16.3. The number of azo groups is 2. The second-order valence-corrected chi connectivity index (χ2v) is 26.1. The standard InChI is InChI=1S/C45H44F2N18O20S6/c1-20(55-45(61-41(47)49)57-25-5-7-31(33(15-25)59-43(51)67)63-65-35-19-29-23(13-39(35)91(83,84)85)11-27(87(71,72)73)17-37(29)89(77,78)79)52-8-3-9-53-44(60-40(46)48)56-21(2)54-24-4-6-30(32(14-24)58-42(50)66)62-64-34-18-28-22(12-38(34)90(80,81)82)10-26(86(68,69)70)16-36(28)88(74,75)76/h4-7,10-19,52,54H,1-3,8-9H2,(H3,50,58,66)(H3,51,59,67)(H,68,69,70)(H,71,72,73)(H,74,75,76)(H,77,78,79)(H,80,81,82)(H,83,84,85)(H3,48,53,56,60)(H3,49,55,57,61)/b64-62+,65-63+. The molecule has 4 amide bonds. The Hall–Kier alpha value is -10.1. The number of guanidine groups is 2. The van der Waals surface area contributed by atoms with Gasteiger partial charge in [-0.05, 0) is 102 Å². The fraction of sp³-hybridized carbons (Fsp3) is 0.0667. The first-order valence-corrected chi connectivity index (χ1v) is 32.5. The minimum Gasteiger partial charge on any atom is -0.370 e. The number of hydrogen-bond acceptors (Lipinski definition) is 22. The van der Waals surface area contributed by atoms with Gasteiger partial charge in [0.25, 0.3) is 72.9 Å². The summed E-state index contributed by atoms with van der Waals surface area (Å²) in [6.45, 7) is 7.35. The SMILES string of the molecule is C=C(/N=C(\N=C(/N)F)Nc1ccc(/N=N/c2cc3c(S(=O)(=O)O)cc(S(=O)(=O)O)cc3cc2S(=O)(=O)O)c(NC(N)=O)c1)NCCCNC(=N/C(=C)Nc1ccc(/N=N/c2cc3c(S(=O)(=O)O)cc(S(=O)(=O)O)cc3cc2S(=O)(=O)O)c(NC(N)=O)c1)/N=C(\N)F. The van der Waals surface area contributed by atoms with Crippen molar-refractivity contribution in [2.24, 2.45) is 63.4 Å². The van der Waals surface area contributed by atoms with Crippen LogP contribution in [0, 0.1) is 0 Å². The van der Waals surface area contributed by atoms with Crippen molar-refractivity contribution in [3.63, 3.8) is 0 Å². The molecule has 91 heavy (non-hydrogen) atoms. The molecule has 0 atom stereocenters. The number of carbonyl (C=O) groups excluding carboxylic acids is 2. The van der Waals surface area contributed by atoms with E-state index in [2.05, 4.69) is 85.5 Å². The monoisotopic (exact) mass is 1390 g/mol. The van der Waals surface area contributed by atoms with Crippen molar-refractivity contribution >= 4 is 164 Å². The molecule has 0 saturated carbocycles. The zero-order valence-corrected chi connectivity index (χ0v) is 50.0. The lowest BCUT2D eigenvalue weighted by Gasteiger charge is -2.12. The van der Waals surface area contributed by atoms with Crippen molar-refractivity contribution in [2.75, 3.05) is 34.4 Å². The van der Waals surface area contributed by atoms with Gasteiger partial charge in [0, 0.05) is 35.2 Å². The van der Waals surface area contributed by atoms with Crippen LogP contribution in [-0.2, 0) is 60.7 Å². The first-order valence-electron chi connectivity index (χ1n) is 23.9. The Balaban J connectivity index is 1.16. The molecule has 20 N–H and O–H groups in total. The average Bonchev–Trinajstić information content (AvgIpc) is 0.763. The Bertz CT molecular complexity index is 4970. The summed E-state index contributed by atoms with van der Waals surface area (Å²) in [6.07, 6.45) is -2.86. The van der Waals surface area contributed by atoms with Crippen LogP contribution in [-0.4, -0.2) is 127 Å². The summed E-state index contributed by atoms with van der Waals surface area (Å²) in [6, 6.07) is 9.05. The predicted octanol–water partition coefficient (Wildman–Crippen LogP) is 4.60. The van der Waals surface area contributed by atoms with Crippen LogP contribution in [0.2, 0.25) is 0 Å². The van der Waals surface area contributed by atoms with E-state index >= 15 is 0 Å². The second-order valence-electron chi connectivity index (χ2n) is 17.7. The molecule has 46 heteroatoms. The zero-order valence-electron chi connectivity index (χ0n) is 45.1. The fourth-order valence-electron chi connectivity index (χ4n) is 7.54. The van der Waals surface area contributed by atoms with Gasteiger partial charge < -0.3 is 54.8 Å². The maximum atomic E-state index is 14.0. The van der Waals surface area contributed by atoms with Crippen LogP contribution in [0.1, 0.15) is 6.42 Å². The summed E-state index contributed by atoms with van der Waals surface area (Å²) in [7, 11) is -31.4. The lowest BCUT2D eigenvalue weighted by atomic mass is 10.1. The number of carbonyl (C=O) groups is 2. The number of halogens is 2. The van der Waals surface area contributed by atoms with Crippen LogP contribution < -0.4 is 54.8 Å². The van der Waals surface area contributed by atoms with E-state index in [1.54, 1.807) is 0 Å². The molecule has 0 heterocycles. The number of hydrogen-bond donors (Lipinski definition) is 16. The maximum Gasteiger partial charge on any atom is 0.316 e. The highest BCUT2D eigenvalue weighted by atomic mass is 32.2. The topological polar surface area (TPSA) is 635 Å². The van der Waals surface area contributed by atoms with Gasteiger partial charge in [0.1, 0.15) is 54.0 Å². The molecule has 6 aromatic carbocycles. The molecule has 0 fully saturated rings. The van der Waals surface area contributed by atoms with E-state index in [4.69, 9.17) is 22.9 Å². The second kappa shape index (κ2) is 27.3. The van der Waals surface area contributed by atoms with Crippen LogP contribution in [0.5, 0.6) is 0 Å². The van der Waals surface area contributed by atoms with Crippen molar-refractivity contribution in [1.29, 1.82) is 0 Å². The Kier molecular flexibility index (Phi) is 21.0. The molecule has 0 spiro atoms. The van der Waals surface area contributed by atoms with E-state index in [1.807, 2.05) is 0 Å². The molecule has 6 aromatic rings. The van der Waals surface area contributed by atoms with E-state index in [0.717, 1.165) is 24.3 Å². The van der Waals surface area contributed by atoms with Gasteiger partial charge in [-0.25, -0.2) is 9.59 Å². The lowest BCUT2D eigenvalue weighted by molar-refractivity contribution is 0.258. The highest BCUT2D eigenvalue weighted by molar-refractivity contribution is 7.87. The van der Waals surface area contributed by atoms with Crippen LogP contribution in [0.15, 0.2) is 180 Å². The summed E-state index contributed by atoms with van der Waals surface area (Å²) < 4.78 is 233. The summed E-state index contributed by atoms with van der Waals surface area (Å²) in [5, 5.41) is 28.2. The predicted molar refractivity (Wildman–Crippen MR) is 321 cm³/mol. The van der Waals surface area contributed by atoms with Gasteiger partial charge in [-0.3, -0.25) is 27.3 Å². The molecule has 0 unspecified atom stereocenters. The largest absolute Gasteiger partial charge is 0.370 e. The maximum absolute atomic E-state index is 14.0. The number of aliphatic imine (C=N–C) groups is 4. The number of amidine groups is 2. The normalized spacial score (nSPS) is 13.4. The lowest BCUT2D eigenvalue weighted by Crippen LogP contribution is -2.28. The number of amides is 4. The Morgan fingerprint density at radius 3 is 1.18 bits per heavy atom. The summed E-state index contributed by atoms with van der Waals surface area (Å²) in [5.74, 6) is -1.51. The molecular formula is C45H44F2N18O20S6. The highest BCUT2D eigenvalue weighted by Gasteiger charge is 2.27. The van der Waals surface area contributed by atoms with Crippen molar-refractivity contribution < 1.29 is 96.2 Å². The molecule has 0 saturated heterocycles. The number of urea groups is 2. The third-order valence-electron chi connectivity index (χ3n) is 11.1. The van der Waals surface area contributed by atoms with Gasteiger partial charge in [0.15, 0.2) is 0 Å². The van der Waals surface area contributed by atoms with Crippen molar-refractivity contribution in [3.8, 4) is 0 Å². The van der Waals surface area contributed by atoms with Gasteiger partial charge >= 0.3 is 12.1 Å². The van der Waals surface area contributed by atoms with Gasteiger partial charge in [-0.1, -0.05) is 13.2 Å². The Morgan fingerprint density at radius 2 is 0.791 bits per heavy atom. The number of benzene rings is 6. The van der Waals surface area contributed by atoms with Crippen molar-refractivity contribution in [3.05, 3.63) is 110 Å². The molecule has 484 valence electrons. The first-order chi connectivity index (χ1) is 42.0. The Morgan fingerprint density at radius 1 is 0.418 bits per heavy atom. The van der Waals surface area contributed by atoms with E-state index < -0.39 is 159 Å². The molecule has 0 radical (unpaired) electrons. The molecule has 0 bridgehead atoms. The van der Waals surface area contributed by atoms with Crippen molar-refractivity contribution in [2.45, 2.75) is 35.8 Å². The number of nitrogens with two attached hydrogens (primary N) is 4. The zero-order chi connectivity index (χ0) is 67.9. The number of fused-ring (bicyclic) bond motifs is 2. The van der Waals surface area contributed by atoms with Gasteiger partial charge in [0.05, 0.1) is 21.2 Å².